The lowest BCUT2D eigenvalue weighted by molar-refractivity contribution is 0.203. The normalized spacial score (nSPS) is 10.3. The molecule has 94 valence electrons. The SMILES string of the molecule is CCN(CCc1ccccc1)C(=O)n1ccnc1. The first-order valence-electron chi connectivity index (χ1n) is 6.12. The van der Waals surface area contributed by atoms with Crippen molar-refractivity contribution in [2.45, 2.75) is 13.3 Å². The molecule has 2 aromatic rings. The Labute approximate surface area is 107 Å². The Kier molecular flexibility index (Phi) is 4.12. The van der Waals surface area contributed by atoms with E-state index in [1.807, 2.05) is 30.0 Å². The minimum atomic E-state index is -0.0223. The molecular weight excluding hydrogens is 226 g/mol. The molecule has 1 heterocycles. The van der Waals surface area contributed by atoms with Crippen molar-refractivity contribution < 1.29 is 4.79 Å². The number of imidazole rings is 1. The van der Waals surface area contributed by atoms with Gasteiger partial charge in [0.2, 0.25) is 0 Å². The first-order chi connectivity index (χ1) is 8.81. The Bertz CT molecular complexity index is 479. The van der Waals surface area contributed by atoms with Crippen molar-refractivity contribution in [2.24, 2.45) is 0 Å². The standard InChI is InChI=1S/C14H17N3O/c1-2-16(14(18)17-11-9-15-12-17)10-8-13-6-4-3-5-7-13/h3-7,9,11-12H,2,8,10H2,1H3. The first-order valence-corrected chi connectivity index (χ1v) is 6.12. The second-order valence-corrected chi connectivity index (χ2v) is 4.07. The molecule has 1 amide bonds. The number of benzene rings is 1. The van der Waals surface area contributed by atoms with E-state index >= 15 is 0 Å². The molecule has 0 aliphatic heterocycles. The highest BCUT2D eigenvalue weighted by atomic mass is 16.2. The van der Waals surface area contributed by atoms with E-state index in [0.717, 1.165) is 13.0 Å². The van der Waals surface area contributed by atoms with Gasteiger partial charge in [-0.1, -0.05) is 30.3 Å². The van der Waals surface area contributed by atoms with E-state index in [1.54, 1.807) is 12.4 Å². The molecular formula is C14H17N3O. The minimum Gasteiger partial charge on any atom is -0.324 e. The van der Waals surface area contributed by atoms with E-state index in [9.17, 15) is 4.79 Å². The Morgan fingerprint density at radius 1 is 1.33 bits per heavy atom. The molecule has 1 aromatic carbocycles. The van der Waals surface area contributed by atoms with E-state index < -0.39 is 0 Å². The highest BCUT2D eigenvalue weighted by Crippen LogP contribution is 2.03. The molecule has 0 bridgehead atoms. The van der Waals surface area contributed by atoms with Crippen LogP contribution in [0.15, 0.2) is 49.1 Å². The zero-order chi connectivity index (χ0) is 12.8. The molecule has 4 heteroatoms. The molecule has 0 unspecified atom stereocenters. The van der Waals surface area contributed by atoms with Gasteiger partial charge in [-0.05, 0) is 18.9 Å². The Balaban J connectivity index is 1.96. The molecule has 18 heavy (non-hydrogen) atoms. The van der Waals surface area contributed by atoms with E-state index in [1.165, 1.54) is 16.5 Å². The molecule has 2 rings (SSSR count). The number of carbonyl (C=O) groups excluding carboxylic acids is 1. The molecule has 0 N–H and O–H groups in total. The largest absolute Gasteiger partial charge is 0.329 e. The van der Waals surface area contributed by atoms with Crippen molar-refractivity contribution in [1.29, 1.82) is 0 Å². The van der Waals surface area contributed by atoms with Crippen molar-refractivity contribution in [3.8, 4) is 0 Å². The quantitative estimate of drug-likeness (QED) is 0.827. The van der Waals surface area contributed by atoms with E-state index in [4.69, 9.17) is 0 Å². The molecule has 0 spiro atoms. The first kappa shape index (κ1) is 12.4. The number of nitrogens with zero attached hydrogens (tertiary/aromatic N) is 3. The Morgan fingerprint density at radius 2 is 2.11 bits per heavy atom. The van der Waals surface area contributed by atoms with Gasteiger partial charge in [-0.3, -0.25) is 4.57 Å². The lowest BCUT2D eigenvalue weighted by Gasteiger charge is -2.20. The van der Waals surface area contributed by atoms with Crippen molar-refractivity contribution >= 4 is 6.03 Å². The summed E-state index contributed by atoms with van der Waals surface area (Å²) in [4.78, 5) is 17.8. The van der Waals surface area contributed by atoms with Crippen LogP contribution in [0.25, 0.3) is 0 Å². The van der Waals surface area contributed by atoms with Crippen LogP contribution in [-0.2, 0) is 6.42 Å². The maximum atomic E-state index is 12.1. The Morgan fingerprint density at radius 3 is 2.72 bits per heavy atom. The number of amides is 1. The van der Waals surface area contributed by atoms with E-state index in [0.29, 0.717) is 6.54 Å². The van der Waals surface area contributed by atoms with Crippen LogP contribution in [0.5, 0.6) is 0 Å². The fourth-order valence-corrected chi connectivity index (χ4v) is 1.83. The maximum Gasteiger partial charge on any atom is 0.329 e. The van der Waals surface area contributed by atoms with Crippen LogP contribution in [0.1, 0.15) is 12.5 Å². The summed E-state index contributed by atoms with van der Waals surface area (Å²) in [5.74, 6) is 0. The predicted octanol–water partition coefficient (Wildman–Crippen LogP) is 2.42. The van der Waals surface area contributed by atoms with E-state index in [-0.39, 0.29) is 6.03 Å². The summed E-state index contributed by atoms with van der Waals surface area (Å²) in [6, 6.07) is 10.2. The molecule has 1 aromatic heterocycles. The zero-order valence-electron chi connectivity index (χ0n) is 10.5. The summed E-state index contributed by atoms with van der Waals surface area (Å²) in [6.07, 6.45) is 5.69. The molecule has 0 radical (unpaired) electrons. The van der Waals surface area contributed by atoms with Crippen LogP contribution < -0.4 is 0 Å². The number of hydrogen-bond acceptors (Lipinski definition) is 2. The average molecular weight is 243 g/mol. The number of aromatic nitrogens is 2. The predicted molar refractivity (Wildman–Crippen MR) is 70.4 cm³/mol. The minimum absolute atomic E-state index is 0.0223. The van der Waals surface area contributed by atoms with Gasteiger partial charge in [0.05, 0.1) is 0 Å². The summed E-state index contributed by atoms with van der Waals surface area (Å²) in [6.45, 7) is 3.40. The number of hydrogen-bond donors (Lipinski definition) is 0. The molecule has 0 saturated carbocycles. The average Bonchev–Trinajstić information content (AvgIpc) is 2.94. The summed E-state index contributed by atoms with van der Waals surface area (Å²) in [5, 5.41) is 0. The van der Waals surface area contributed by atoms with Crippen LogP contribution in [-0.4, -0.2) is 33.6 Å². The highest BCUT2D eigenvalue weighted by molar-refractivity contribution is 5.76. The lowest BCUT2D eigenvalue weighted by Crippen LogP contribution is -2.35. The van der Waals surface area contributed by atoms with Gasteiger partial charge in [0.1, 0.15) is 6.33 Å². The van der Waals surface area contributed by atoms with Crippen LogP contribution in [0, 0.1) is 0 Å². The van der Waals surface area contributed by atoms with Gasteiger partial charge in [-0.2, -0.15) is 0 Å². The third kappa shape index (κ3) is 2.97. The summed E-state index contributed by atoms with van der Waals surface area (Å²) < 4.78 is 1.51. The second-order valence-electron chi connectivity index (χ2n) is 4.07. The molecule has 0 aliphatic carbocycles. The van der Waals surface area contributed by atoms with Crippen molar-refractivity contribution in [3.63, 3.8) is 0 Å². The van der Waals surface area contributed by atoms with Crippen molar-refractivity contribution in [1.82, 2.24) is 14.5 Å². The fourth-order valence-electron chi connectivity index (χ4n) is 1.83. The third-order valence-corrected chi connectivity index (χ3v) is 2.89. The molecule has 0 fully saturated rings. The smallest absolute Gasteiger partial charge is 0.324 e. The van der Waals surface area contributed by atoms with Crippen molar-refractivity contribution in [2.75, 3.05) is 13.1 Å². The molecule has 4 nitrogen and oxygen atoms in total. The molecule has 0 saturated heterocycles. The van der Waals surface area contributed by atoms with Crippen LogP contribution in [0.2, 0.25) is 0 Å². The van der Waals surface area contributed by atoms with Gasteiger partial charge in [0.25, 0.3) is 0 Å². The maximum absolute atomic E-state index is 12.1. The molecule has 0 atom stereocenters. The van der Waals surface area contributed by atoms with Crippen LogP contribution in [0.4, 0.5) is 4.79 Å². The van der Waals surface area contributed by atoms with Gasteiger partial charge >= 0.3 is 6.03 Å². The number of carbonyl (C=O) groups is 1. The van der Waals surface area contributed by atoms with Gasteiger partial charge in [-0.15, -0.1) is 0 Å². The van der Waals surface area contributed by atoms with Gasteiger partial charge in [-0.25, -0.2) is 9.78 Å². The van der Waals surface area contributed by atoms with E-state index in [2.05, 4.69) is 17.1 Å². The zero-order valence-corrected chi connectivity index (χ0v) is 10.5. The summed E-state index contributed by atoms with van der Waals surface area (Å²) >= 11 is 0. The summed E-state index contributed by atoms with van der Waals surface area (Å²) in [5.41, 5.74) is 1.24. The topological polar surface area (TPSA) is 38.1 Å². The summed E-state index contributed by atoms with van der Waals surface area (Å²) in [7, 11) is 0. The fraction of sp³-hybridized carbons (Fsp3) is 0.286. The van der Waals surface area contributed by atoms with Crippen molar-refractivity contribution in [3.05, 3.63) is 54.6 Å². The number of rotatable bonds is 4. The van der Waals surface area contributed by atoms with Crippen LogP contribution in [0.3, 0.4) is 0 Å². The van der Waals surface area contributed by atoms with Gasteiger partial charge < -0.3 is 4.90 Å². The number of likely N-dealkylation sites (N-methyl/N-ethyl adjacent to an activating group) is 1. The van der Waals surface area contributed by atoms with Gasteiger partial charge in [0.15, 0.2) is 0 Å². The highest BCUT2D eigenvalue weighted by Gasteiger charge is 2.12. The Hall–Kier alpha value is -2.10. The molecule has 0 aliphatic rings. The lowest BCUT2D eigenvalue weighted by atomic mass is 10.1. The van der Waals surface area contributed by atoms with Crippen LogP contribution >= 0.6 is 0 Å². The third-order valence-electron chi connectivity index (χ3n) is 2.89. The second kappa shape index (κ2) is 6.00. The monoisotopic (exact) mass is 243 g/mol. The van der Waals surface area contributed by atoms with Gasteiger partial charge in [0, 0.05) is 25.5 Å².